The summed E-state index contributed by atoms with van der Waals surface area (Å²) in [6.07, 6.45) is -94.8. The Morgan fingerprint density at radius 1 is 0.408 bits per heavy atom. The van der Waals surface area contributed by atoms with Gasteiger partial charge in [0.15, 0.2) is 49.2 Å². The van der Waals surface area contributed by atoms with E-state index in [4.69, 9.17) is 0 Å². The maximum Gasteiger partial charge on any atom is 0.490 e. The summed E-state index contributed by atoms with van der Waals surface area (Å²) >= 11 is 0. The predicted molar refractivity (Wildman–Crippen MR) is 149 cm³/mol. The van der Waals surface area contributed by atoms with E-state index in [1.54, 1.807) is 0 Å². The zero-order valence-electron chi connectivity index (χ0n) is 32.0. The van der Waals surface area contributed by atoms with Gasteiger partial charge in [-0.05, 0) is 0 Å². The van der Waals surface area contributed by atoms with Gasteiger partial charge in [-0.2, -0.15) is 105 Å². The van der Waals surface area contributed by atoms with Gasteiger partial charge in [0.25, 0.3) is 0 Å². The van der Waals surface area contributed by atoms with Gasteiger partial charge >= 0.3 is 97.2 Å². The third-order valence-corrected chi connectivity index (χ3v) is 7.11. The van der Waals surface area contributed by atoms with Crippen LogP contribution in [0.1, 0.15) is 0 Å². The highest BCUT2D eigenvalue weighted by molar-refractivity contribution is 5.80. The summed E-state index contributed by atoms with van der Waals surface area (Å²) in [4.78, 5) is 106. The molecule has 71 heavy (non-hydrogen) atoms. The van der Waals surface area contributed by atoms with Crippen LogP contribution in [-0.4, -0.2) is 172 Å². The summed E-state index contributed by atoms with van der Waals surface area (Å²) in [7, 11) is 0. The summed E-state index contributed by atoms with van der Waals surface area (Å²) in [6, 6.07) is 0. The van der Waals surface area contributed by atoms with E-state index in [9.17, 15) is 149 Å². The monoisotopic (exact) mass is 1110 g/mol. The maximum atomic E-state index is 13.6. The fourth-order valence-electron chi connectivity index (χ4n) is 4.38. The van der Waals surface area contributed by atoms with Crippen molar-refractivity contribution in [2.24, 2.45) is 0 Å². The Bertz CT molecular complexity index is 1960. The van der Waals surface area contributed by atoms with E-state index >= 15 is 0 Å². The lowest BCUT2D eigenvalue weighted by atomic mass is 9.97. The number of hydrogen-bond acceptors (Lipinski definition) is 19. The van der Waals surface area contributed by atoms with Gasteiger partial charge in [-0.1, -0.05) is 0 Å². The quantitative estimate of drug-likeness (QED) is 0.0931. The van der Waals surface area contributed by atoms with Crippen LogP contribution in [0.5, 0.6) is 0 Å². The van der Waals surface area contributed by atoms with E-state index in [1.165, 1.54) is 0 Å². The highest BCUT2D eigenvalue weighted by atomic mass is 19.4. The summed E-state index contributed by atoms with van der Waals surface area (Å²) in [5.41, 5.74) is 0. The Labute approximate surface area is 368 Å². The number of alkyl halides is 24. The molecule has 0 spiro atoms. The summed E-state index contributed by atoms with van der Waals surface area (Å²) < 4.78 is 357. The van der Waals surface area contributed by atoms with Crippen LogP contribution >= 0.6 is 0 Å². The number of halogens is 24. The van der Waals surface area contributed by atoms with E-state index in [0.29, 0.717) is 0 Å². The molecule has 0 saturated carbocycles. The molecule has 0 aromatic carbocycles. The number of esters is 8. The highest BCUT2D eigenvalue weighted by Crippen LogP contribution is 2.37. The number of rotatable bonds is 16. The van der Waals surface area contributed by atoms with Gasteiger partial charge in [-0.3, -0.25) is 4.79 Å². The second-order valence-corrected chi connectivity index (χ2v) is 12.3. The minimum Gasteiger partial charge on any atom is -0.456 e. The third-order valence-electron chi connectivity index (χ3n) is 7.11. The van der Waals surface area contributed by atoms with E-state index in [-0.39, 0.29) is 0 Å². The summed E-state index contributed by atoms with van der Waals surface area (Å²) in [5.74, 6) is -31.9. The van der Waals surface area contributed by atoms with Crippen LogP contribution in [0.2, 0.25) is 0 Å². The first-order chi connectivity index (χ1) is 31.5. The molecule has 0 aliphatic carbocycles. The zero-order chi connectivity index (χ0) is 56.0. The number of carbonyl (C=O) groups is 9. The summed E-state index contributed by atoms with van der Waals surface area (Å²) in [6.45, 7) is -6.00. The highest BCUT2D eigenvalue weighted by Gasteiger charge is 2.62. The van der Waals surface area contributed by atoms with Crippen molar-refractivity contribution in [1.82, 2.24) is 0 Å². The Kier molecular flexibility index (Phi) is 19.8. The second kappa shape index (κ2) is 22.4. The smallest absolute Gasteiger partial charge is 0.456 e. The van der Waals surface area contributed by atoms with Crippen LogP contribution in [-0.2, 0) is 90.5 Å². The molecule has 0 N–H and O–H groups in total. The predicted octanol–water partition coefficient (Wildman–Crippen LogP) is 3.35. The van der Waals surface area contributed by atoms with Crippen LogP contribution in [0.25, 0.3) is 0 Å². The molecule has 0 aromatic rings. The normalized spacial score (nSPS) is 21.2. The number of hydrogen-bond donors (Lipinski definition) is 0. The average Bonchev–Trinajstić information content (AvgIpc) is 3.17. The summed E-state index contributed by atoms with van der Waals surface area (Å²) in [5, 5.41) is 0. The molecule has 1 heterocycles. The Balaban J connectivity index is 4.81. The maximum absolute atomic E-state index is 13.6. The van der Waals surface area contributed by atoms with E-state index in [2.05, 4.69) is 47.4 Å². The van der Waals surface area contributed by atoms with Crippen molar-refractivity contribution in [2.45, 2.75) is 105 Å². The van der Waals surface area contributed by atoms with Gasteiger partial charge in [0.05, 0.1) is 0 Å². The standard InChI is InChI=1S/C28H14F24O19/c29-21(30,31)13(54)62-2-5-9(69-18(59)26(44,45)46)10(70-19(60)27(47,48)49)11(71-20(61)28(50,51)52)12(64-5)67-8(6(66-16(57)24(38,39)40)3-63-14(55)22(32,33)34)7(68-17(58)25(41,42)43)4(1-53)65-15(56)23(35,36)37/h1,4-12H,2-3H2/t4-,5+,6+,7+,8+,9-,10-,11+,12-/m0/s1. The molecule has 43 heteroatoms. The molecule has 0 amide bonds. The topological polar surface area (TPSA) is 246 Å². The lowest BCUT2D eigenvalue weighted by Gasteiger charge is -2.46. The van der Waals surface area contributed by atoms with E-state index in [1.807, 2.05) is 0 Å². The molecular weight excluding hydrogens is 1100 g/mol. The Hall–Kier alpha value is -6.33. The largest absolute Gasteiger partial charge is 0.490 e. The van der Waals surface area contributed by atoms with Gasteiger partial charge in [0, 0.05) is 0 Å². The SMILES string of the molecule is O=C[C@H](OC(=O)C(F)(F)F)[C@@H](OC(=O)C(F)(F)F)[C@H](O[C@@H]1O[C@H](COC(=O)C(F)(F)F)[C@H](OC(=O)C(F)(F)F)[C@H](OC(=O)C(F)(F)F)[C@H]1OC(=O)C(F)(F)F)[C@@H](COC(=O)C(F)(F)F)OC(=O)C(F)(F)F. The molecule has 0 radical (unpaired) electrons. The van der Waals surface area contributed by atoms with Gasteiger partial charge < -0.3 is 47.4 Å². The molecule has 1 saturated heterocycles. The van der Waals surface area contributed by atoms with Crippen molar-refractivity contribution < 1.29 is 196 Å². The fraction of sp³-hybridized carbons (Fsp3) is 0.679. The van der Waals surface area contributed by atoms with Crippen molar-refractivity contribution >= 4 is 54.0 Å². The van der Waals surface area contributed by atoms with Crippen LogP contribution in [0.4, 0.5) is 105 Å². The number of aldehydes is 1. The molecule has 19 nitrogen and oxygen atoms in total. The Morgan fingerprint density at radius 2 is 0.746 bits per heavy atom. The minimum absolute atomic E-state index is 1.60. The van der Waals surface area contributed by atoms with Crippen LogP contribution in [0.3, 0.4) is 0 Å². The first-order valence-electron chi connectivity index (χ1n) is 16.5. The lowest BCUT2D eigenvalue weighted by Crippen LogP contribution is -2.66. The van der Waals surface area contributed by atoms with Gasteiger partial charge in [0.2, 0.25) is 0 Å². The molecule has 1 rings (SSSR count). The van der Waals surface area contributed by atoms with E-state index in [0.717, 1.165) is 0 Å². The molecule has 408 valence electrons. The van der Waals surface area contributed by atoms with Crippen molar-refractivity contribution in [1.29, 1.82) is 0 Å². The molecule has 9 atom stereocenters. The molecule has 1 fully saturated rings. The molecular formula is C28H14F24O19. The van der Waals surface area contributed by atoms with Crippen molar-refractivity contribution in [3.05, 3.63) is 0 Å². The fourth-order valence-corrected chi connectivity index (χ4v) is 4.38. The minimum atomic E-state index is -6.79. The Morgan fingerprint density at radius 3 is 1.13 bits per heavy atom. The first-order valence-corrected chi connectivity index (χ1v) is 16.5. The van der Waals surface area contributed by atoms with Gasteiger partial charge in [0.1, 0.15) is 25.4 Å². The molecule has 1 aliphatic heterocycles. The van der Waals surface area contributed by atoms with Crippen LogP contribution in [0, 0.1) is 0 Å². The zero-order valence-corrected chi connectivity index (χ0v) is 32.0. The van der Waals surface area contributed by atoms with Gasteiger partial charge in [-0.25, -0.2) is 38.4 Å². The lowest BCUT2D eigenvalue weighted by molar-refractivity contribution is -0.341. The second-order valence-electron chi connectivity index (χ2n) is 12.3. The first kappa shape index (κ1) is 62.7. The van der Waals surface area contributed by atoms with Crippen LogP contribution in [0.15, 0.2) is 0 Å². The van der Waals surface area contributed by atoms with Crippen molar-refractivity contribution in [3.63, 3.8) is 0 Å². The van der Waals surface area contributed by atoms with Crippen molar-refractivity contribution in [3.8, 4) is 0 Å². The average molecular weight is 1110 g/mol. The number of carbonyl (C=O) groups excluding carboxylic acids is 9. The molecule has 0 unspecified atom stereocenters. The molecule has 1 aliphatic rings. The van der Waals surface area contributed by atoms with Gasteiger partial charge in [-0.15, -0.1) is 0 Å². The third kappa shape index (κ3) is 18.7. The van der Waals surface area contributed by atoms with Crippen LogP contribution < -0.4 is 0 Å². The van der Waals surface area contributed by atoms with E-state index < -0.39 is 172 Å². The van der Waals surface area contributed by atoms with Crippen molar-refractivity contribution in [2.75, 3.05) is 13.2 Å². The number of ether oxygens (including phenoxy) is 10. The molecule has 0 bridgehead atoms. The molecule has 0 aromatic heterocycles.